The van der Waals surface area contributed by atoms with Gasteiger partial charge in [0.25, 0.3) is 0 Å². The standard InChI is InChI=1S/C11H7BrN4/c12-8-4-5-10-14-15-11(16(10)7-8)9-3-1-2-6-13-9/h1-7H. The Morgan fingerprint density at radius 3 is 2.81 bits per heavy atom. The fraction of sp³-hybridized carbons (Fsp3) is 0. The van der Waals surface area contributed by atoms with Crippen LogP contribution >= 0.6 is 15.9 Å². The highest BCUT2D eigenvalue weighted by Gasteiger charge is 2.08. The average molecular weight is 275 g/mol. The third-order valence-corrected chi connectivity index (χ3v) is 2.73. The van der Waals surface area contributed by atoms with Crippen LogP contribution in [0.25, 0.3) is 17.2 Å². The first-order valence-corrected chi connectivity index (χ1v) is 5.55. The number of rotatable bonds is 1. The lowest BCUT2D eigenvalue weighted by atomic mass is 10.3. The van der Waals surface area contributed by atoms with Crippen molar-refractivity contribution in [1.29, 1.82) is 0 Å². The van der Waals surface area contributed by atoms with Gasteiger partial charge in [0.2, 0.25) is 0 Å². The molecule has 4 nitrogen and oxygen atoms in total. The Morgan fingerprint density at radius 2 is 2.00 bits per heavy atom. The molecule has 0 spiro atoms. The summed E-state index contributed by atoms with van der Waals surface area (Å²) < 4.78 is 2.89. The predicted octanol–water partition coefficient (Wildman–Crippen LogP) is 2.55. The Balaban J connectivity index is 2.29. The molecule has 0 radical (unpaired) electrons. The van der Waals surface area contributed by atoms with Crippen LogP contribution in [0, 0.1) is 0 Å². The molecule has 0 amide bonds. The van der Waals surface area contributed by atoms with Crippen LogP contribution in [0.1, 0.15) is 0 Å². The maximum absolute atomic E-state index is 4.26. The summed E-state index contributed by atoms with van der Waals surface area (Å²) in [5.74, 6) is 0.747. The van der Waals surface area contributed by atoms with Crippen molar-refractivity contribution in [2.45, 2.75) is 0 Å². The van der Waals surface area contributed by atoms with Gasteiger partial charge < -0.3 is 0 Å². The molecule has 3 heterocycles. The maximum atomic E-state index is 4.26. The van der Waals surface area contributed by atoms with Gasteiger partial charge in [0.1, 0.15) is 5.69 Å². The van der Waals surface area contributed by atoms with E-state index in [0.717, 1.165) is 21.6 Å². The molecule has 0 fully saturated rings. The Morgan fingerprint density at radius 1 is 1.06 bits per heavy atom. The molecule has 0 bridgehead atoms. The van der Waals surface area contributed by atoms with Gasteiger partial charge in [-0.15, -0.1) is 10.2 Å². The molecule has 3 rings (SSSR count). The van der Waals surface area contributed by atoms with Gasteiger partial charge in [0.05, 0.1) is 0 Å². The fourth-order valence-electron chi connectivity index (χ4n) is 1.53. The van der Waals surface area contributed by atoms with E-state index >= 15 is 0 Å². The smallest absolute Gasteiger partial charge is 0.187 e. The minimum Gasteiger partial charge on any atom is -0.280 e. The van der Waals surface area contributed by atoms with Crippen LogP contribution in [0.5, 0.6) is 0 Å². The zero-order chi connectivity index (χ0) is 11.0. The van der Waals surface area contributed by atoms with E-state index < -0.39 is 0 Å². The topological polar surface area (TPSA) is 43.1 Å². The summed E-state index contributed by atoms with van der Waals surface area (Å²) in [4.78, 5) is 4.26. The fourth-order valence-corrected chi connectivity index (χ4v) is 1.87. The third kappa shape index (κ3) is 1.49. The van der Waals surface area contributed by atoms with E-state index in [4.69, 9.17) is 0 Å². The lowest BCUT2D eigenvalue weighted by Gasteiger charge is -1.98. The first kappa shape index (κ1) is 9.47. The second-order valence-corrected chi connectivity index (χ2v) is 4.23. The number of aromatic nitrogens is 4. The van der Waals surface area contributed by atoms with Crippen LogP contribution < -0.4 is 0 Å². The highest BCUT2D eigenvalue weighted by Crippen LogP contribution is 2.18. The summed E-state index contributed by atoms with van der Waals surface area (Å²) in [6, 6.07) is 9.57. The molecule has 78 valence electrons. The average Bonchev–Trinajstić information content (AvgIpc) is 2.73. The quantitative estimate of drug-likeness (QED) is 0.685. The largest absolute Gasteiger partial charge is 0.280 e. The first-order chi connectivity index (χ1) is 7.84. The molecular formula is C11H7BrN4. The van der Waals surface area contributed by atoms with Crippen LogP contribution in [0.4, 0.5) is 0 Å². The Hall–Kier alpha value is -1.75. The van der Waals surface area contributed by atoms with Crippen molar-refractivity contribution < 1.29 is 0 Å². The highest BCUT2D eigenvalue weighted by molar-refractivity contribution is 9.10. The molecule has 0 saturated carbocycles. The van der Waals surface area contributed by atoms with E-state index in [0.29, 0.717) is 0 Å². The van der Waals surface area contributed by atoms with Gasteiger partial charge in [-0.1, -0.05) is 6.07 Å². The zero-order valence-corrected chi connectivity index (χ0v) is 9.79. The maximum Gasteiger partial charge on any atom is 0.187 e. The number of hydrogen-bond donors (Lipinski definition) is 0. The molecule has 0 aliphatic carbocycles. The van der Waals surface area contributed by atoms with E-state index in [9.17, 15) is 0 Å². The van der Waals surface area contributed by atoms with Crippen molar-refractivity contribution in [3.63, 3.8) is 0 Å². The molecule has 0 aliphatic heterocycles. The van der Waals surface area contributed by atoms with Crippen molar-refractivity contribution in [2.24, 2.45) is 0 Å². The molecule has 0 aliphatic rings. The molecule has 0 atom stereocenters. The zero-order valence-electron chi connectivity index (χ0n) is 8.21. The summed E-state index contributed by atoms with van der Waals surface area (Å²) in [6.45, 7) is 0. The van der Waals surface area contributed by atoms with Gasteiger partial charge in [0.15, 0.2) is 11.5 Å². The van der Waals surface area contributed by atoms with Crippen molar-refractivity contribution in [1.82, 2.24) is 19.6 Å². The Labute approximate surface area is 100 Å². The molecule has 0 saturated heterocycles. The summed E-state index contributed by atoms with van der Waals surface area (Å²) >= 11 is 3.43. The van der Waals surface area contributed by atoms with Gasteiger partial charge in [-0.05, 0) is 40.2 Å². The highest BCUT2D eigenvalue weighted by atomic mass is 79.9. The number of fused-ring (bicyclic) bond motifs is 1. The Kier molecular flexibility index (Phi) is 2.18. The number of halogens is 1. The molecule has 0 aromatic carbocycles. The molecular weight excluding hydrogens is 268 g/mol. The van der Waals surface area contributed by atoms with E-state index in [1.54, 1.807) is 6.20 Å². The van der Waals surface area contributed by atoms with Crippen LogP contribution in [-0.4, -0.2) is 19.6 Å². The molecule has 0 unspecified atom stereocenters. The van der Waals surface area contributed by atoms with Gasteiger partial charge in [0, 0.05) is 16.9 Å². The van der Waals surface area contributed by atoms with Gasteiger partial charge in [-0.2, -0.15) is 0 Å². The normalized spacial score (nSPS) is 10.8. The molecule has 3 aromatic heterocycles. The first-order valence-electron chi connectivity index (χ1n) is 4.76. The van der Waals surface area contributed by atoms with Gasteiger partial charge >= 0.3 is 0 Å². The SMILES string of the molecule is Brc1ccc2nnc(-c3ccccn3)n2c1. The van der Waals surface area contributed by atoms with Gasteiger partial charge in [-0.3, -0.25) is 9.38 Å². The van der Waals surface area contributed by atoms with Crippen LogP contribution in [0.15, 0.2) is 47.2 Å². The van der Waals surface area contributed by atoms with E-state index in [1.807, 2.05) is 40.9 Å². The monoisotopic (exact) mass is 274 g/mol. The van der Waals surface area contributed by atoms with Crippen molar-refractivity contribution in [2.75, 3.05) is 0 Å². The van der Waals surface area contributed by atoms with E-state index in [1.165, 1.54) is 0 Å². The second kappa shape index (κ2) is 3.68. The van der Waals surface area contributed by atoms with Crippen LogP contribution in [0.3, 0.4) is 0 Å². The lowest BCUT2D eigenvalue weighted by molar-refractivity contribution is 1.09. The lowest BCUT2D eigenvalue weighted by Crippen LogP contribution is -1.91. The van der Waals surface area contributed by atoms with E-state index in [2.05, 4.69) is 31.1 Å². The second-order valence-electron chi connectivity index (χ2n) is 3.31. The molecule has 3 aromatic rings. The predicted molar refractivity (Wildman–Crippen MR) is 63.9 cm³/mol. The summed E-state index contributed by atoms with van der Waals surface area (Å²) in [7, 11) is 0. The minimum atomic E-state index is 0.747. The van der Waals surface area contributed by atoms with Gasteiger partial charge in [-0.25, -0.2) is 0 Å². The summed E-state index contributed by atoms with van der Waals surface area (Å²) in [6.07, 6.45) is 3.67. The Bertz CT molecular complexity index is 633. The number of nitrogens with zero attached hydrogens (tertiary/aromatic N) is 4. The molecule has 5 heteroatoms. The number of hydrogen-bond acceptors (Lipinski definition) is 3. The number of pyridine rings is 2. The summed E-state index contributed by atoms with van der Waals surface area (Å²) in [5.41, 5.74) is 1.62. The summed E-state index contributed by atoms with van der Waals surface area (Å²) in [5, 5.41) is 8.22. The van der Waals surface area contributed by atoms with E-state index in [-0.39, 0.29) is 0 Å². The van der Waals surface area contributed by atoms with Crippen LogP contribution in [-0.2, 0) is 0 Å². The molecule has 16 heavy (non-hydrogen) atoms. The van der Waals surface area contributed by atoms with Crippen LogP contribution in [0.2, 0.25) is 0 Å². The third-order valence-electron chi connectivity index (χ3n) is 2.26. The minimum absolute atomic E-state index is 0.747. The van der Waals surface area contributed by atoms with Crippen molar-refractivity contribution in [3.05, 3.63) is 47.2 Å². The van der Waals surface area contributed by atoms with Crippen molar-refractivity contribution >= 4 is 21.6 Å². The molecule has 0 N–H and O–H groups in total. The van der Waals surface area contributed by atoms with Crippen molar-refractivity contribution in [3.8, 4) is 11.5 Å².